The first-order chi connectivity index (χ1) is 11.0. The zero-order valence-electron chi connectivity index (χ0n) is 12.2. The van der Waals surface area contributed by atoms with Gasteiger partial charge in [0, 0.05) is 16.4 Å². The minimum Gasteiger partial charge on any atom is -0.452 e. The van der Waals surface area contributed by atoms with E-state index in [4.69, 9.17) is 4.74 Å². The Balaban J connectivity index is 1.95. The Morgan fingerprint density at radius 1 is 1.13 bits per heavy atom. The van der Waals surface area contributed by atoms with Gasteiger partial charge in [-0.1, -0.05) is 28.1 Å². The van der Waals surface area contributed by atoms with E-state index in [0.717, 1.165) is 4.47 Å². The number of anilines is 1. The molecule has 0 aliphatic carbocycles. The number of ether oxygens (including phenoxy) is 1. The molecule has 0 aromatic heterocycles. The summed E-state index contributed by atoms with van der Waals surface area (Å²) in [5, 5.41) is 2.62. The lowest BCUT2D eigenvalue weighted by molar-refractivity contribution is -0.119. The van der Waals surface area contributed by atoms with Crippen molar-refractivity contribution in [3.8, 4) is 0 Å². The molecule has 2 aromatic carbocycles. The fourth-order valence-corrected chi connectivity index (χ4v) is 2.82. The third-order valence-electron chi connectivity index (χ3n) is 2.88. The van der Waals surface area contributed by atoms with Crippen molar-refractivity contribution in [1.29, 1.82) is 0 Å². The van der Waals surface area contributed by atoms with Crippen LogP contribution in [0, 0.1) is 0 Å². The van der Waals surface area contributed by atoms with Crippen molar-refractivity contribution >= 4 is 44.3 Å². The maximum Gasteiger partial charge on any atom is 0.339 e. The molecule has 0 radical (unpaired) electrons. The van der Waals surface area contributed by atoms with Gasteiger partial charge in [-0.3, -0.25) is 9.00 Å². The summed E-state index contributed by atoms with van der Waals surface area (Å²) in [6.07, 6.45) is 1.48. The summed E-state index contributed by atoms with van der Waals surface area (Å²) < 4.78 is 17.5. The van der Waals surface area contributed by atoms with Gasteiger partial charge in [-0.25, -0.2) is 4.79 Å². The monoisotopic (exact) mass is 395 g/mol. The summed E-state index contributed by atoms with van der Waals surface area (Å²) in [6.45, 7) is -0.417. The lowest BCUT2D eigenvalue weighted by atomic mass is 10.2. The van der Waals surface area contributed by atoms with Crippen LogP contribution in [0.25, 0.3) is 0 Å². The molecule has 0 aliphatic heterocycles. The number of rotatable bonds is 5. The van der Waals surface area contributed by atoms with Crippen molar-refractivity contribution in [3.05, 3.63) is 58.6 Å². The van der Waals surface area contributed by atoms with Gasteiger partial charge in [-0.15, -0.1) is 0 Å². The summed E-state index contributed by atoms with van der Waals surface area (Å²) in [4.78, 5) is 24.2. The molecule has 1 N–H and O–H groups in total. The number of hydrogen-bond donors (Lipinski definition) is 1. The van der Waals surface area contributed by atoms with Gasteiger partial charge in [-0.2, -0.15) is 0 Å². The van der Waals surface area contributed by atoms with Crippen LogP contribution in [0.2, 0.25) is 0 Å². The molecule has 23 heavy (non-hydrogen) atoms. The predicted octanol–water partition coefficient (Wildman–Crippen LogP) is 2.98. The van der Waals surface area contributed by atoms with Crippen LogP contribution >= 0.6 is 15.9 Å². The number of hydrogen-bond acceptors (Lipinski definition) is 4. The van der Waals surface area contributed by atoms with Crippen LogP contribution in [0.5, 0.6) is 0 Å². The van der Waals surface area contributed by atoms with E-state index in [9.17, 15) is 13.8 Å². The molecule has 0 bridgehead atoms. The molecule has 2 rings (SSSR count). The maximum absolute atomic E-state index is 12.0. The van der Waals surface area contributed by atoms with Crippen LogP contribution in [0.3, 0.4) is 0 Å². The van der Waals surface area contributed by atoms with Crippen LogP contribution in [-0.2, 0) is 20.3 Å². The lowest BCUT2D eigenvalue weighted by Gasteiger charge is -2.08. The number of amides is 1. The van der Waals surface area contributed by atoms with E-state index in [0.29, 0.717) is 10.6 Å². The Hall–Kier alpha value is -1.99. The summed E-state index contributed by atoms with van der Waals surface area (Å²) in [7, 11) is -1.31. The van der Waals surface area contributed by atoms with Crippen LogP contribution < -0.4 is 5.32 Å². The zero-order valence-corrected chi connectivity index (χ0v) is 14.6. The average molecular weight is 396 g/mol. The van der Waals surface area contributed by atoms with Gasteiger partial charge in [0.2, 0.25) is 0 Å². The van der Waals surface area contributed by atoms with Gasteiger partial charge < -0.3 is 10.1 Å². The van der Waals surface area contributed by atoms with Crippen LogP contribution in [0.4, 0.5) is 5.69 Å². The predicted molar refractivity (Wildman–Crippen MR) is 91.8 cm³/mol. The molecule has 1 atom stereocenters. The van der Waals surface area contributed by atoms with Gasteiger partial charge in [0.1, 0.15) is 0 Å². The molecule has 2 aromatic rings. The summed E-state index contributed by atoms with van der Waals surface area (Å²) in [6, 6.07) is 13.5. The second-order valence-corrected chi connectivity index (χ2v) is 6.85. The fourth-order valence-electron chi connectivity index (χ4n) is 1.83. The quantitative estimate of drug-likeness (QED) is 0.789. The molecule has 0 saturated carbocycles. The molecule has 0 saturated heterocycles. The van der Waals surface area contributed by atoms with E-state index in [2.05, 4.69) is 21.2 Å². The van der Waals surface area contributed by atoms with Crippen molar-refractivity contribution in [2.45, 2.75) is 4.90 Å². The van der Waals surface area contributed by atoms with Crippen molar-refractivity contribution in [2.75, 3.05) is 18.2 Å². The van der Waals surface area contributed by atoms with Crippen molar-refractivity contribution < 1.29 is 18.5 Å². The largest absolute Gasteiger partial charge is 0.452 e. The van der Waals surface area contributed by atoms with Crippen molar-refractivity contribution in [3.63, 3.8) is 0 Å². The second kappa shape index (κ2) is 8.03. The second-order valence-electron chi connectivity index (χ2n) is 4.58. The normalized spacial score (nSPS) is 11.6. The zero-order chi connectivity index (χ0) is 16.8. The topological polar surface area (TPSA) is 72.5 Å². The Bertz CT molecular complexity index is 746. The van der Waals surface area contributed by atoms with E-state index in [-0.39, 0.29) is 5.56 Å². The Morgan fingerprint density at radius 3 is 2.43 bits per heavy atom. The van der Waals surface area contributed by atoms with Gasteiger partial charge in [0.15, 0.2) is 6.61 Å². The van der Waals surface area contributed by atoms with Crippen molar-refractivity contribution in [1.82, 2.24) is 0 Å². The lowest BCUT2D eigenvalue weighted by Crippen LogP contribution is -2.21. The molecule has 0 fully saturated rings. The third-order valence-corrected chi connectivity index (χ3v) is 4.38. The molecule has 1 amide bonds. The SMILES string of the molecule is C[S@@](=O)c1ccccc1C(=O)OCC(=O)Nc1ccc(Br)cc1. The van der Waals surface area contributed by atoms with Crippen LogP contribution in [-0.4, -0.2) is 28.9 Å². The summed E-state index contributed by atoms with van der Waals surface area (Å²) >= 11 is 3.30. The molecule has 0 heterocycles. The summed E-state index contributed by atoms with van der Waals surface area (Å²) in [5.74, 6) is -1.13. The first-order valence-electron chi connectivity index (χ1n) is 6.62. The smallest absolute Gasteiger partial charge is 0.339 e. The highest BCUT2D eigenvalue weighted by Crippen LogP contribution is 2.15. The Kier molecular flexibility index (Phi) is 6.06. The average Bonchev–Trinajstić information content (AvgIpc) is 2.54. The molecular weight excluding hydrogens is 382 g/mol. The minimum atomic E-state index is -1.31. The minimum absolute atomic E-state index is 0.199. The fraction of sp³-hybridized carbons (Fsp3) is 0.125. The van der Waals surface area contributed by atoms with Crippen molar-refractivity contribution in [2.24, 2.45) is 0 Å². The molecular formula is C16H14BrNO4S. The van der Waals surface area contributed by atoms with Gasteiger partial charge in [0.05, 0.1) is 21.3 Å². The standard InChI is InChI=1S/C16H14BrNO4S/c1-23(21)14-5-3-2-4-13(14)16(20)22-10-15(19)18-12-8-6-11(17)7-9-12/h2-9H,10H2,1H3,(H,18,19)/t23-/m1/s1. The molecule has 5 nitrogen and oxygen atoms in total. The van der Waals surface area contributed by atoms with Gasteiger partial charge in [-0.05, 0) is 36.4 Å². The van der Waals surface area contributed by atoms with E-state index < -0.39 is 29.3 Å². The molecule has 0 aliphatic rings. The maximum atomic E-state index is 12.0. The number of nitrogens with one attached hydrogen (secondary N) is 1. The number of esters is 1. The van der Waals surface area contributed by atoms with Gasteiger partial charge in [0.25, 0.3) is 5.91 Å². The number of carbonyl (C=O) groups excluding carboxylic acids is 2. The number of benzene rings is 2. The Labute approximate surface area is 144 Å². The number of carbonyl (C=O) groups is 2. The van der Waals surface area contributed by atoms with Crippen LogP contribution in [0.1, 0.15) is 10.4 Å². The number of halogens is 1. The van der Waals surface area contributed by atoms with E-state index in [1.54, 1.807) is 42.5 Å². The van der Waals surface area contributed by atoms with E-state index >= 15 is 0 Å². The van der Waals surface area contributed by atoms with E-state index in [1.165, 1.54) is 12.3 Å². The Morgan fingerprint density at radius 2 is 1.78 bits per heavy atom. The third kappa shape index (κ3) is 5.01. The van der Waals surface area contributed by atoms with Crippen LogP contribution in [0.15, 0.2) is 57.9 Å². The molecule has 0 spiro atoms. The summed E-state index contributed by atoms with van der Waals surface area (Å²) in [5.41, 5.74) is 0.800. The highest BCUT2D eigenvalue weighted by molar-refractivity contribution is 9.10. The molecule has 120 valence electrons. The first kappa shape index (κ1) is 17.4. The highest BCUT2D eigenvalue weighted by atomic mass is 79.9. The molecule has 7 heteroatoms. The van der Waals surface area contributed by atoms with Gasteiger partial charge >= 0.3 is 5.97 Å². The first-order valence-corrected chi connectivity index (χ1v) is 8.97. The molecule has 0 unspecified atom stereocenters. The van der Waals surface area contributed by atoms with E-state index in [1.807, 2.05) is 0 Å². The highest BCUT2D eigenvalue weighted by Gasteiger charge is 2.16.